The molecule has 2 aromatic carbocycles. The van der Waals surface area contributed by atoms with Crippen LogP contribution in [0.1, 0.15) is 11.4 Å². The smallest absolute Gasteiger partial charge is 0.266 e. The van der Waals surface area contributed by atoms with Crippen molar-refractivity contribution in [3.8, 4) is 5.69 Å². The van der Waals surface area contributed by atoms with Gasteiger partial charge in [0, 0.05) is 11.8 Å². The molecule has 0 atom stereocenters. The predicted octanol–water partition coefficient (Wildman–Crippen LogP) is 4.74. The second-order valence-corrected chi connectivity index (χ2v) is 6.15. The van der Waals surface area contributed by atoms with Crippen molar-refractivity contribution in [1.29, 1.82) is 0 Å². The van der Waals surface area contributed by atoms with Crippen LogP contribution in [0.2, 0.25) is 5.15 Å². The topological polar surface area (TPSA) is 47.8 Å². The molecule has 4 nitrogen and oxygen atoms in total. The van der Waals surface area contributed by atoms with Gasteiger partial charge in [0.05, 0.1) is 16.6 Å². The second-order valence-electron chi connectivity index (χ2n) is 5.80. The maximum Gasteiger partial charge on any atom is 0.266 e. The molecule has 0 radical (unpaired) electrons. The summed E-state index contributed by atoms with van der Waals surface area (Å²) in [6.07, 6.45) is 4.71. The molecule has 2 heterocycles. The highest BCUT2D eigenvalue weighted by atomic mass is 35.5. The molecule has 0 bridgehead atoms. The Morgan fingerprint density at radius 2 is 1.74 bits per heavy atom. The van der Waals surface area contributed by atoms with Gasteiger partial charge in [-0.25, -0.2) is 14.4 Å². The first-order chi connectivity index (χ1) is 13.1. The molecule has 132 valence electrons. The third-order valence-electron chi connectivity index (χ3n) is 4.10. The van der Waals surface area contributed by atoms with Crippen LogP contribution in [0.25, 0.3) is 28.7 Å². The van der Waals surface area contributed by atoms with Gasteiger partial charge in [-0.15, -0.1) is 0 Å². The first-order valence-electron chi connectivity index (χ1n) is 8.20. The zero-order valence-electron chi connectivity index (χ0n) is 14.0. The monoisotopic (exact) mass is 377 g/mol. The highest BCUT2D eigenvalue weighted by molar-refractivity contribution is 6.31. The zero-order chi connectivity index (χ0) is 18.8. The van der Waals surface area contributed by atoms with E-state index in [1.807, 2.05) is 0 Å². The summed E-state index contributed by atoms with van der Waals surface area (Å²) in [5, 5.41) is 0.637. The number of benzene rings is 2. The zero-order valence-corrected chi connectivity index (χ0v) is 14.8. The molecule has 0 saturated heterocycles. The number of rotatable bonds is 3. The van der Waals surface area contributed by atoms with Crippen LogP contribution in [-0.4, -0.2) is 14.5 Å². The van der Waals surface area contributed by atoms with E-state index < -0.39 is 0 Å². The molecular formula is C21H13ClFN3O. The average molecular weight is 378 g/mol. The van der Waals surface area contributed by atoms with Gasteiger partial charge in [-0.3, -0.25) is 9.36 Å². The Kier molecular flexibility index (Phi) is 4.52. The molecule has 0 fully saturated rings. The standard InChI is InChI=1S/C21H13ClFN3O/c22-20-18(10-5-13-24-20)26-19(12-11-14-6-1-3-8-16(14)23)25-17-9-4-2-7-15(17)21(26)27/h1-13H/b12-11+. The first-order valence-corrected chi connectivity index (χ1v) is 8.58. The van der Waals surface area contributed by atoms with Gasteiger partial charge < -0.3 is 0 Å². The van der Waals surface area contributed by atoms with Crippen molar-refractivity contribution in [2.45, 2.75) is 0 Å². The van der Waals surface area contributed by atoms with E-state index in [1.54, 1.807) is 72.9 Å². The molecule has 0 saturated carbocycles. The molecule has 0 aliphatic rings. The third-order valence-corrected chi connectivity index (χ3v) is 4.39. The minimum atomic E-state index is -0.358. The Morgan fingerprint density at radius 1 is 0.963 bits per heavy atom. The van der Waals surface area contributed by atoms with Crippen LogP contribution in [0.15, 0.2) is 71.7 Å². The molecule has 4 aromatic rings. The summed E-state index contributed by atoms with van der Waals surface area (Å²) >= 11 is 6.21. The fourth-order valence-electron chi connectivity index (χ4n) is 2.81. The number of hydrogen-bond donors (Lipinski definition) is 0. The average Bonchev–Trinajstić information content (AvgIpc) is 2.68. The van der Waals surface area contributed by atoms with E-state index >= 15 is 0 Å². The van der Waals surface area contributed by atoms with Crippen molar-refractivity contribution in [2.24, 2.45) is 0 Å². The largest absolute Gasteiger partial charge is 0.268 e. The van der Waals surface area contributed by atoms with Crippen molar-refractivity contribution in [1.82, 2.24) is 14.5 Å². The number of fused-ring (bicyclic) bond motifs is 1. The van der Waals surface area contributed by atoms with Crippen molar-refractivity contribution in [2.75, 3.05) is 0 Å². The van der Waals surface area contributed by atoms with E-state index in [9.17, 15) is 9.18 Å². The summed E-state index contributed by atoms with van der Waals surface area (Å²) in [5.74, 6) is -0.0281. The number of hydrogen-bond acceptors (Lipinski definition) is 3. The third kappa shape index (κ3) is 3.25. The summed E-state index contributed by atoms with van der Waals surface area (Å²) in [6.45, 7) is 0. The van der Waals surface area contributed by atoms with E-state index in [4.69, 9.17) is 11.6 Å². The van der Waals surface area contributed by atoms with Crippen LogP contribution in [0.5, 0.6) is 0 Å². The number of aromatic nitrogens is 3. The van der Waals surface area contributed by atoms with Gasteiger partial charge in [-0.1, -0.05) is 41.9 Å². The van der Waals surface area contributed by atoms with E-state index in [0.717, 1.165) is 0 Å². The maximum atomic E-state index is 13.9. The molecule has 0 N–H and O–H groups in total. The molecular weight excluding hydrogens is 365 g/mol. The quantitative estimate of drug-likeness (QED) is 0.484. The van der Waals surface area contributed by atoms with Gasteiger partial charge in [0.1, 0.15) is 11.6 Å². The van der Waals surface area contributed by atoms with E-state index in [-0.39, 0.29) is 16.5 Å². The lowest BCUT2D eigenvalue weighted by Gasteiger charge is -2.12. The Labute approximate surface area is 159 Å². The SMILES string of the molecule is O=c1c2ccccc2nc(/C=C/c2ccccc2F)n1-c1cccnc1Cl. The van der Waals surface area contributed by atoms with Crippen LogP contribution in [-0.2, 0) is 0 Å². The van der Waals surface area contributed by atoms with E-state index in [0.29, 0.717) is 28.0 Å². The summed E-state index contributed by atoms with van der Waals surface area (Å²) in [6, 6.07) is 16.8. The number of nitrogens with zero attached hydrogens (tertiary/aromatic N) is 3. The molecule has 0 spiro atoms. The van der Waals surface area contributed by atoms with Gasteiger partial charge in [-0.2, -0.15) is 0 Å². The highest BCUT2D eigenvalue weighted by Crippen LogP contribution is 2.20. The Bertz CT molecular complexity index is 1230. The normalized spacial score (nSPS) is 11.3. The minimum Gasteiger partial charge on any atom is -0.268 e. The van der Waals surface area contributed by atoms with Crippen molar-refractivity contribution < 1.29 is 4.39 Å². The van der Waals surface area contributed by atoms with Crippen LogP contribution in [0.4, 0.5) is 4.39 Å². The molecule has 0 amide bonds. The van der Waals surface area contributed by atoms with Gasteiger partial charge >= 0.3 is 0 Å². The Balaban J connectivity index is 1.99. The van der Waals surface area contributed by atoms with Crippen LogP contribution >= 0.6 is 11.6 Å². The van der Waals surface area contributed by atoms with Crippen LogP contribution < -0.4 is 5.56 Å². The maximum absolute atomic E-state index is 13.9. The lowest BCUT2D eigenvalue weighted by Crippen LogP contribution is -2.22. The summed E-state index contributed by atoms with van der Waals surface area (Å²) in [4.78, 5) is 21.7. The molecule has 0 aliphatic carbocycles. The molecule has 0 aliphatic heterocycles. The molecule has 0 unspecified atom stereocenters. The lowest BCUT2D eigenvalue weighted by molar-refractivity contribution is 0.625. The predicted molar refractivity (Wildman–Crippen MR) is 105 cm³/mol. The summed E-state index contributed by atoms with van der Waals surface area (Å²) < 4.78 is 15.3. The van der Waals surface area contributed by atoms with Gasteiger partial charge in [0.2, 0.25) is 0 Å². The fourth-order valence-corrected chi connectivity index (χ4v) is 3.02. The lowest BCUT2D eigenvalue weighted by atomic mass is 10.2. The van der Waals surface area contributed by atoms with E-state index in [1.165, 1.54) is 10.6 Å². The number of halogens is 2. The van der Waals surface area contributed by atoms with Crippen LogP contribution in [0.3, 0.4) is 0 Å². The fraction of sp³-hybridized carbons (Fsp3) is 0. The van der Waals surface area contributed by atoms with Gasteiger partial charge in [-0.05, 0) is 42.5 Å². The van der Waals surface area contributed by atoms with Gasteiger partial charge in [0.15, 0.2) is 5.15 Å². The number of pyridine rings is 1. The minimum absolute atomic E-state index is 0.178. The van der Waals surface area contributed by atoms with Gasteiger partial charge in [0.25, 0.3) is 5.56 Å². The second kappa shape index (κ2) is 7.13. The van der Waals surface area contributed by atoms with Crippen molar-refractivity contribution in [3.05, 3.63) is 99.6 Å². The first kappa shape index (κ1) is 17.1. The molecule has 27 heavy (non-hydrogen) atoms. The van der Waals surface area contributed by atoms with Crippen molar-refractivity contribution in [3.63, 3.8) is 0 Å². The Morgan fingerprint density at radius 3 is 2.56 bits per heavy atom. The summed E-state index contributed by atoms with van der Waals surface area (Å²) in [7, 11) is 0. The number of para-hydroxylation sites is 1. The molecule has 6 heteroatoms. The summed E-state index contributed by atoms with van der Waals surface area (Å²) in [5.41, 5.74) is 1.08. The molecule has 2 aromatic heterocycles. The van der Waals surface area contributed by atoms with Crippen molar-refractivity contribution >= 4 is 34.7 Å². The van der Waals surface area contributed by atoms with Crippen LogP contribution in [0, 0.1) is 5.82 Å². The molecule has 4 rings (SSSR count). The van der Waals surface area contributed by atoms with E-state index in [2.05, 4.69) is 9.97 Å². The Hall–Kier alpha value is -3.31. The highest BCUT2D eigenvalue weighted by Gasteiger charge is 2.13.